The van der Waals surface area contributed by atoms with Gasteiger partial charge in [-0.3, -0.25) is 0 Å². The SMILES string of the molecule is Clc1ncccc1-c1ncccn1. The highest BCUT2D eigenvalue weighted by Crippen LogP contribution is 2.20. The number of rotatable bonds is 1. The minimum Gasteiger partial charge on any atom is -0.244 e. The fraction of sp³-hybridized carbons (Fsp3) is 0. The van der Waals surface area contributed by atoms with Crippen LogP contribution in [0.5, 0.6) is 0 Å². The summed E-state index contributed by atoms with van der Waals surface area (Å²) in [6.45, 7) is 0. The van der Waals surface area contributed by atoms with Crippen molar-refractivity contribution >= 4 is 11.6 Å². The molecule has 64 valence electrons. The van der Waals surface area contributed by atoms with E-state index in [9.17, 15) is 0 Å². The molecular formula is C9H6ClN3. The van der Waals surface area contributed by atoms with Crippen molar-refractivity contribution in [2.24, 2.45) is 0 Å². The first-order valence-corrected chi connectivity index (χ1v) is 4.13. The smallest absolute Gasteiger partial charge is 0.162 e. The van der Waals surface area contributed by atoms with Crippen LogP contribution in [0.4, 0.5) is 0 Å². The summed E-state index contributed by atoms with van der Waals surface area (Å²) < 4.78 is 0. The fourth-order valence-corrected chi connectivity index (χ4v) is 1.19. The molecule has 0 aliphatic rings. The fourth-order valence-electron chi connectivity index (χ4n) is 0.991. The number of halogens is 1. The van der Waals surface area contributed by atoms with Gasteiger partial charge in [-0.25, -0.2) is 15.0 Å². The van der Waals surface area contributed by atoms with Crippen molar-refractivity contribution in [2.75, 3.05) is 0 Å². The van der Waals surface area contributed by atoms with Crippen LogP contribution in [0.2, 0.25) is 5.15 Å². The Kier molecular flexibility index (Phi) is 2.19. The lowest BCUT2D eigenvalue weighted by molar-refractivity contribution is 1.16. The molecule has 0 aliphatic heterocycles. The highest BCUT2D eigenvalue weighted by atomic mass is 35.5. The lowest BCUT2D eigenvalue weighted by atomic mass is 10.3. The minimum atomic E-state index is 0.425. The van der Waals surface area contributed by atoms with Gasteiger partial charge in [-0.05, 0) is 18.2 Å². The zero-order chi connectivity index (χ0) is 9.10. The lowest BCUT2D eigenvalue weighted by Gasteiger charge is -1.99. The molecule has 3 nitrogen and oxygen atoms in total. The van der Waals surface area contributed by atoms with Crippen LogP contribution in [0, 0.1) is 0 Å². The molecule has 0 saturated carbocycles. The molecule has 0 spiro atoms. The summed E-state index contributed by atoms with van der Waals surface area (Å²) in [5, 5.41) is 0.425. The Hall–Kier alpha value is -1.48. The van der Waals surface area contributed by atoms with Gasteiger partial charge in [-0.1, -0.05) is 11.6 Å². The predicted octanol–water partition coefficient (Wildman–Crippen LogP) is 2.19. The Morgan fingerprint density at radius 1 is 0.923 bits per heavy atom. The molecule has 4 heteroatoms. The van der Waals surface area contributed by atoms with E-state index in [-0.39, 0.29) is 0 Å². The number of pyridine rings is 1. The van der Waals surface area contributed by atoms with E-state index in [0.717, 1.165) is 5.56 Å². The van der Waals surface area contributed by atoms with Gasteiger partial charge in [0.1, 0.15) is 5.15 Å². The summed E-state index contributed by atoms with van der Waals surface area (Å²) in [6.07, 6.45) is 4.98. The Bertz CT molecular complexity index is 403. The van der Waals surface area contributed by atoms with E-state index in [4.69, 9.17) is 11.6 Å². The van der Waals surface area contributed by atoms with Gasteiger partial charge in [0.25, 0.3) is 0 Å². The van der Waals surface area contributed by atoms with Crippen LogP contribution >= 0.6 is 11.6 Å². The van der Waals surface area contributed by atoms with Gasteiger partial charge in [0.15, 0.2) is 5.82 Å². The maximum atomic E-state index is 5.87. The Balaban J connectivity index is 2.54. The molecule has 0 saturated heterocycles. The van der Waals surface area contributed by atoms with Crippen molar-refractivity contribution in [1.29, 1.82) is 0 Å². The first-order valence-electron chi connectivity index (χ1n) is 3.76. The highest BCUT2D eigenvalue weighted by Gasteiger charge is 2.04. The molecule has 0 aromatic carbocycles. The average molecular weight is 192 g/mol. The molecule has 13 heavy (non-hydrogen) atoms. The quantitative estimate of drug-likeness (QED) is 0.649. The molecule has 2 aromatic rings. The normalized spacial score (nSPS) is 9.92. The monoisotopic (exact) mass is 191 g/mol. The van der Waals surface area contributed by atoms with E-state index >= 15 is 0 Å². The topological polar surface area (TPSA) is 38.7 Å². The van der Waals surface area contributed by atoms with Crippen LogP contribution < -0.4 is 0 Å². The number of nitrogens with zero attached hydrogens (tertiary/aromatic N) is 3. The van der Waals surface area contributed by atoms with Crippen LogP contribution in [0.3, 0.4) is 0 Å². The van der Waals surface area contributed by atoms with Crippen molar-refractivity contribution < 1.29 is 0 Å². The molecular weight excluding hydrogens is 186 g/mol. The molecule has 0 N–H and O–H groups in total. The zero-order valence-corrected chi connectivity index (χ0v) is 7.44. The Morgan fingerprint density at radius 2 is 1.62 bits per heavy atom. The maximum absolute atomic E-state index is 5.87. The third kappa shape index (κ3) is 1.65. The van der Waals surface area contributed by atoms with Crippen LogP contribution in [-0.4, -0.2) is 15.0 Å². The molecule has 0 fully saturated rings. The Morgan fingerprint density at radius 3 is 2.31 bits per heavy atom. The van der Waals surface area contributed by atoms with Crippen molar-refractivity contribution in [3.63, 3.8) is 0 Å². The first kappa shape index (κ1) is 8.13. The summed E-state index contributed by atoms with van der Waals surface area (Å²) in [5.41, 5.74) is 0.754. The molecule has 2 rings (SSSR count). The molecule has 0 amide bonds. The molecule has 0 unspecified atom stereocenters. The predicted molar refractivity (Wildman–Crippen MR) is 50.3 cm³/mol. The number of hydrogen-bond acceptors (Lipinski definition) is 3. The van der Waals surface area contributed by atoms with Gasteiger partial charge in [-0.2, -0.15) is 0 Å². The van der Waals surface area contributed by atoms with E-state index in [1.165, 1.54) is 0 Å². The summed E-state index contributed by atoms with van der Waals surface area (Å²) in [4.78, 5) is 12.1. The van der Waals surface area contributed by atoms with Crippen molar-refractivity contribution in [1.82, 2.24) is 15.0 Å². The third-order valence-electron chi connectivity index (χ3n) is 1.57. The van der Waals surface area contributed by atoms with Gasteiger partial charge in [-0.15, -0.1) is 0 Å². The van der Waals surface area contributed by atoms with Gasteiger partial charge < -0.3 is 0 Å². The van der Waals surface area contributed by atoms with Crippen molar-refractivity contribution in [3.05, 3.63) is 41.9 Å². The van der Waals surface area contributed by atoms with Crippen LogP contribution in [0.25, 0.3) is 11.4 Å². The largest absolute Gasteiger partial charge is 0.244 e. The van der Waals surface area contributed by atoms with Gasteiger partial charge in [0.05, 0.1) is 5.56 Å². The summed E-state index contributed by atoms with van der Waals surface area (Å²) >= 11 is 5.87. The van der Waals surface area contributed by atoms with Crippen molar-refractivity contribution in [2.45, 2.75) is 0 Å². The summed E-state index contributed by atoms with van der Waals surface area (Å²) in [7, 11) is 0. The molecule has 2 heterocycles. The summed E-state index contributed by atoms with van der Waals surface area (Å²) in [5.74, 6) is 0.598. The van der Waals surface area contributed by atoms with Crippen LogP contribution in [0.1, 0.15) is 0 Å². The van der Waals surface area contributed by atoms with E-state index < -0.39 is 0 Å². The van der Waals surface area contributed by atoms with E-state index in [1.807, 2.05) is 6.07 Å². The van der Waals surface area contributed by atoms with Crippen molar-refractivity contribution in [3.8, 4) is 11.4 Å². The van der Waals surface area contributed by atoms with E-state index in [1.54, 1.807) is 30.7 Å². The van der Waals surface area contributed by atoms with Crippen LogP contribution in [0.15, 0.2) is 36.8 Å². The third-order valence-corrected chi connectivity index (χ3v) is 1.87. The standard InChI is InChI=1S/C9H6ClN3/c10-8-7(3-1-4-11-8)9-12-5-2-6-13-9/h1-6H. The summed E-state index contributed by atoms with van der Waals surface area (Å²) in [6, 6.07) is 5.40. The van der Waals surface area contributed by atoms with Crippen LogP contribution in [-0.2, 0) is 0 Å². The first-order chi connectivity index (χ1) is 6.38. The zero-order valence-electron chi connectivity index (χ0n) is 6.68. The van der Waals surface area contributed by atoms with E-state index in [2.05, 4.69) is 15.0 Å². The second-order valence-corrected chi connectivity index (χ2v) is 2.77. The molecule has 0 atom stereocenters. The van der Waals surface area contributed by atoms with Gasteiger partial charge in [0.2, 0.25) is 0 Å². The molecule has 0 bridgehead atoms. The second kappa shape index (κ2) is 3.49. The van der Waals surface area contributed by atoms with Gasteiger partial charge in [0, 0.05) is 18.6 Å². The number of hydrogen-bond donors (Lipinski definition) is 0. The molecule has 0 aliphatic carbocycles. The molecule has 2 aromatic heterocycles. The van der Waals surface area contributed by atoms with Gasteiger partial charge >= 0.3 is 0 Å². The number of aromatic nitrogens is 3. The molecule has 0 radical (unpaired) electrons. The van der Waals surface area contributed by atoms with E-state index in [0.29, 0.717) is 11.0 Å². The lowest BCUT2D eigenvalue weighted by Crippen LogP contribution is -1.88. The maximum Gasteiger partial charge on any atom is 0.162 e. The minimum absolute atomic E-state index is 0.425. The average Bonchev–Trinajstić information content (AvgIpc) is 2.20. The second-order valence-electron chi connectivity index (χ2n) is 2.41. The Labute approximate surface area is 80.5 Å². The highest BCUT2D eigenvalue weighted by molar-refractivity contribution is 6.31.